The summed E-state index contributed by atoms with van der Waals surface area (Å²) in [5.41, 5.74) is 2.00. The van der Waals surface area contributed by atoms with Crippen LogP contribution in [-0.2, 0) is 9.59 Å². The number of hydrogen-bond donors (Lipinski definition) is 2. The number of nitrogens with zero attached hydrogens (tertiary/aromatic N) is 2. The van der Waals surface area contributed by atoms with Crippen molar-refractivity contribution in [3.63, 3.8) is 0 Å². The van der Waals surface area contributed by atoms with E-state index < -0.39 is 12.1 Å². The highest BCUT2D eigenvalue weighted by atomic mass is 32.2. The van der Waals surface area contributed by atoms with Gasteiger partial charge in [0.2, 0.25) is 0 Å². The number of amides is 1. The molecule has 2 aromatic carbocycles. The Labute approximate surface area is 172 Å². The van der Waals surface area contributed by atoms with Crippen LogP contribution >= 0.6 is 11.8 Å². The molecule has 2 N–H and O–H groups in total. The van der Waals surface area contributed by atoms with E-state index >= 15 is 0 Å². The zero-order valence-corrected chi connectivity index (χ0v) is 16.9. The third-order valence-electron chi connectivity index (χ3n) is 4.17. The number of carboxylic acids is 1. The number of aryl methyl sites for hydroxylation is 1. The molecule has 1 fully saturated rings. The van der Waals surface area contributed by atoms with Gasteiger partial charge in [0.1, 0.15) is 17.2 Å². The van der Waals surface area contributed by atoms with Crippen LogP contribution in [0.4, 0.5) is 5.69 Å². The molecule has 150 valence electrons. The minimum absolute atomic E-state index is 0.0498. The van der Waals surface area contributed by atoms with Crippen molar-refractivity contribution in [2.24, 2.45) is 4.99 Å². The van der Waals surface area contributed by atoms with Crippen molar-refractivity contribution in [1.29, 1.82) is 0 Å². The second-order valence-corrected chi connectivity index (χ2v) is 7.54. The number of aliphatic carboxylic acids is 1. The lowest BCUT2D eigenvalue weighted by atomic mass is 10.2. The average molecular weight is 412 g/mol. The average Bonchev–Trinajstić information content (AvgIpc) is 2.92. The minimum atomic E-state index is -1.06. The molecule has 2 aromatic rings. The third-order valence-corrected chi connectivity index (χ3v) is 5.23. The largest absolute Gasteiger partial charge is 0.506 e. The van der Waals surface area contributed by atoms with Gasteiger partial charge < -0.3 is 14.9 Å². The van der Waals surface area contributed by atoms with Gasteiger partial charge in [-0.1, -0.05) is 18.2 Å². The number of thioether (sulfide) groups is 1. The molecule has 7 nitrogen and oxygen atoms in total. The second kappa shape index (κ2) is 8.40. The fourth-order valence-corrected chi connectivity index (χ4v) is 3.55. The number of ether oxygens (including phenoxy) is 1. The summed E-state index contributed by atoms with van der Waals surface area (Å²) in [7, 11) is 1.62. The Morgan fingerprint density at radius 1 is 1.28 bits per heavy atom. The molecule has 1 amide bonds. The zero-order chi connectivity index (χ0) is 21.1. The van der Waals surface area contributed by atoms with E-state index in [0.29, 0.717) is 27.1 Å². The molecule has 0 saturated carbocycles. The Hall–Kier alpha value is -3.26. The number of rotatable bonds is 5. The summed E-state index contributed by atoms with van der Waals surface area (Å²) in [5, 5.41) is 19.5. The van der Waals surface area contributed by atoms with E-state index in [1.807, 2.05) is 13.0 Å². The fraction of sp³-hybridized carbons (Fsp3) is 0.190. The van der Waals surface area contributed by atoms with Crippen molar-refractivity contribution in [2.75, 3.05) is 7.05 Å². The first-order valence-electron chi connectivity index (χ1n) is 8.80. The maximum atomic E-state index is 12.6. The van der Waals surface area contributed by atoms with Gasteiger partial charge in [0.25, 0.3) is 5.91 Å². The number of carbonyl (C=O) groups excluding carboxylic acids is 1. The maximum absolute atomic E-state index is 12.6. The van der Waals surface area contributed by atoms with E-state index in [1.165, 1.54) is 23.6 Å². The Bertz CT molecular complexity index is 1030. The molecule has 1 aliphatic heterocycles. The second-order valence-electron chi connectivity index (χ2n) is 6.53. The number of hydrogen-bond acceptors (Lipinski definition) is 6. The molecule has 0 aliphatic carbocycles. The van der Waals surface area contributed by atoms with Gasteiger partial charge in [-0.25, -0.2) is 9.79 Å². The summed E-state index contributed by atoms with van der Waals surface area (Å²) < 4.78 is 5.37. The lowest BCUT2D eigenvalue weighted by molar-refractivity contribution is -0.144. The number of benzene rings is 2. The Morgan fingerprint density at radius 2 is 2.03 bits per heavy atom. The van der Waals surface area contributed by atoms with Crippen molar-refractivity contribution >= 4 is 40.6 Å². The van der Waals surface area contributed by atoms with Crippen molar-refractivity contribution in [1.82, 2.24) is 4.90 Å². The molecule has 0 radical (unpaired) electrons. The molecule has 1 saturated heterocycles. The van der Waals surface area contributed by atoms with E-state index in [9.17, 15) is 14.7 Å². The van der Waals surface area contributed by atoms with Gasteiger partial charge in [0, 0.05) is 7.05 Å². The summed E-state index contributed by atoms with van der Waals surface area (Å²) in [6.45, 7) is 3.31. The lowest BCUT2D eigenvalue weighted by Crippen LogP contribution is -2.23. The zero-order valence-electron chi connectivity index (χ0n) is 16.1. The predicted molar refractivity (Wildman–Crippen MR) is 112 cm³/mol. The number of aromatic hydroxyl groups is 1. The summed E-state index contributed by atoms with van der Waals surface area (Å²) >= 11 is 1.20. The van der Waals surface area contributed by atoms with Crippen LogP contribution in [0.15, 0.2) is 52.4 Å². The highest BCUT2D eigenvalue weighted by Crippen LogP contribution is 2.35. The van der Waals surface area contributed by atoms with Crippen LogP contribution in [0.25, 0.3) is 6.08 Å². The number of carbonyl (C=O) groups is 2. The molecular formula is C21H20N2O5S. The Balaban J connectivity index is 1.85. The van der Waals surface area contributed by atoms with Crippen LogP contribution < -0.4 is 4.74 Å². The Morgan fingerprint density at radius 3 is 2.72 bits per heavy atom. The van der Waals surface area contributed by atoms with Gasteiger partial charge in [-0.05, 0) is 67.1 Å². The molecule has 0 aromatic heterocycles. The molecule has 8 heteroatoms. The van der Waals surface area contributed by atoms with E-state index in [-0.39, 0.29) is 11.7 Å². The van der Waals surface area contributed by atoms with Gasteiger partial charge in [0.05, 0.1) is 4.91 Å². The first-order valence-corrected chi connectivity index (χ1v) is 9.61. The molecule has 1 heterocycles. The minimum Gasteiger partial charge on any atom is -0.506 e. The maximum Gasteiger partial charge on any atom is 0.344 e. The molecule has 0 bridgehead atoms. The highest BCUT2D eigenvalue weighted by Gasteiger charge is 2.30. The van der Waals surface area contributed by atoms with Gasteiger partial charge in [0.15, 0.2) is 11.3 Å². The molecule has 1 atom stereocenters. The van der Waals surface area contributed by atoms with Crippen LogP contribution in [0.5, 0.6) is 11.5 Å². The number of carboxylic acid groups (broad SMARTS) is 1. The van der Waals surface area contributed by atoms with E-state index in [2.05, 4.69) is 4.99 Å². The van der Waals surface area contributed by atoms with Crippen LogP contribution in [0.3, 0.4) is 0 Å². The first kappa shape index (κ1) is 20.5. The van der Waals surface area contributed by atoms with E-state index in [1.54, 1.807) is 49.5 Å². The summed E-state index contributed by atoms with van der Waals surface area (Å²) in [4.78, 5) is 29.8. The lowest BCUT2D eigenvalue weighted by Gasteiger charge is -2.10. The molecule has 1 aliphatic rings. The van der Waals surface area contributed by atoms with Crippen molar-refractivity contribution in [2.45, 2.75) is 20.0 Å². The number of likely N-dealkylation sites (N-methyl/N-ethyl adjacent to an activating group) is 1. The summed E-state index contributed by atoms with van der Waals surface area (Å²) in [6.07, 6.45) is 0.715. The van der Waals surface area contributed by atoms with Crippen molar-refractivity contribution < 1.29 is 24.5 Å². The predicted octanol–water partition coefficient (Wildman–Crippen LogP) is 3.79. The number of amidine groups is 1. The van der Waals surface area contributed by atoms with Crippen LogP contribution in [0.2, 0.25) is 0 Å². The molecule has 0 spiro atoms. The molecular weight excluding hydrogens is 392 g/mol. The standard InChI is InChI=1S/C21H20N2O5S/c1-12-7-8-16(17(24)9-12)22-21-23(3)19(25)18(29-21)11-14-5-4-6-15(10-14)28-13(2)20(26)27/h4-11,13,24H,1-3H3,(H,26,27)/b18-11-,22-21?. The van der Waals surface area contributed by atoms with Gasteiger partial charge in [-0.15, -0.1) is 0 Å². The van der Waals surface area contributed by atoms with E-state index in [0.717, 1.165) is 5.56 Å². The third kappa shape index (κ3) is 4.78. The quantitative estimate of drug-likeness (QED) is 0.725. The highest BCUT2D eigenvalue weighted by molar-refractivity contribution is 8.18. The molecule has 1 unspecified atom stereocenters. The van der Waals surface area contributed by atoms with Gasteiger partial charge in [-0.2, -0.15) is 0 Å². The van der Waals surface area contributed by atoms with Crippen LogP contribution in [-0.4, -0.2) is 45.3 Å². The topological polar surface area (TPSA) is 99.4 Å². The van der Waals surface area contributed by atoms with Crippen molar-refractivity contribution in [3.8, 4) is 11.5 Å². The summed E-state index contributed by atoms with van der Waals surface area (Å²) in [6, 6.07) is 12.0. The van der Waals surface area contributed by atoms with Crippen molar-refractivity contribution in [3.05, 3.63) is 58.5 Å². The first-order chi connectivity index (χ1) is 13.7. The fourth-order valence-electron chi connectivity index (χ4n) is 2.57. The van der Waals surface area contributed by atoms with E-state index in [4.69, 9.17) is 9.84 Å². The van der Waals surface area contributed by atoms with Gasteiger partial charge in [-0.3, -0.25) is 9.69 Å². The van der Waals surface area contributed by atoms with Crippen LogP contribution in [0, 0.1) is 6.92 Å². The number of aliphatic imine (C=N–C) groups is 1. The summed E-state index contributed by atoms with van der Waals surface area (Å²) in [5.74, 6) is -0.826. The smallest absolute Gasteiger partial charge is 0.344 e. The van der Waals surface area contributed by atoms with Crippen LogP contribution in [0.1, 0.15) is 18.1 Å². The monoisotopic (exact) mass is 412 g/mol. The number of phenolic OH excluding ortho intramolecular Hbond substituents is 1. The number of phenols is 1. The SMILES string of the molecule is Cc1ccc(N=C2S/C(=C\c3cccc(OC(C)C(=O)O)c3)C(=O)N2C)c(O)c1. The molecule has 29 heavy (non-hydrogen) atoms. The normalized spacial score (nSPS) is 17.8. The van der Waals surface area contributed by atoms with Gasteiger partial charge >= 0.3 is 5.97 Å². The Kier molecular flexibility index (Phi) is 5.93. The molecule has 3 rings (SSSR count).